The third kappa shape index (κ3) is 2.83. The van der Waals surface area contributed by atoms with Crippen LogP contribution < -0.4 is 10.5 Å². The summed E-state index contributed by atoms with van der Waals surface area (Å²) in [5, 5.41) is 9.39. The molecule has 0 saturated carbocycles. The highest BCUT2D eigenvalue weighted by Crippen LogP contribution is 2.31. The Kier molecular flexibility index (Phi) is 3.89. The minimum absolute atomic E-state index is 0.215. The molecular weight excluding hydrogens is 288 g/mol. The zero-order chi connectivity index (χ0) is 16.2. The lowest BCUT2D eigenvalue weighted by Crippen LogP contribution is -1.99. The molecule has 3 rings (SSSR count). The maximum absolute atomic E-state index is 9.39. The SMILES string of the molecule is COc1ccc(-c2cc(-c3ccncc3)c(C#N)c(N)n2)cc1. The number of aromatic nitrogens is 2. The molecule has 0 radical (unpaired) electrons. The van der Waals surface area contributed by atoms with Crippen molar-refractivity contribution in [3.05, 3.63) is 60.4 Å². The van der Waals surface area contributed by atoms with E-state index in [1.165, 1.54) is 0 Å². The van der Waals surface area contributed by atoms with E-state index >= 15 is 0 Å². The van der Waals surface area contributed by atoms with Crippen molar-refractivity contribution < 1.29 is 4.74 Å². The van der Waals surface area contributed by atoms with E-state index in [0.717, 1.165) is 22.4 Å². The minimum Gasteiger partial charge on any atom is -0.497 e. The van der Waals surface area contributed by atoms with Gasteiger partial charge >= 0.3 is 0 Å². The van der Waals surface area contributed by atoms with Crippen LogP contribution >= 0.6 is 0 Å². The maximum atomic E-state index is 9.39. The van der Waals surface area contributed by atoms with Crippen LogP contribution in [-0.2, 0) is 0 Å². The molecule has 0 bridgehead atoms. The Morgan fingerprint density at radius 3 is 2.35 bits per heavy atom. The summed E-state index contributed by atoms with van der Waals surface area (Å²) in [4.78, 5) is 8.36. The second kappa shape index (κ2) is 6.16. The highest BCUT2D eigenvalue weighted by molar-refractivity contribution is 5.79. The highest BCUT2D eigenvalue weighted by Gasteiger charge is 2.13. The van der Waals surface area contributed by atoms with Gasteiger partial charge in [0, 0.05) is 23.5 Å². The predicted octanol–water partition coefficient (Wildman–Crippen LogP) is 3.27. The third-order valence-corrected chi connectivity index (χ3v) is 3.54. The van der Waals surface area contributed by atoms with Gasteiger partial charge in [0.25, 0.3) is 0 Å². The lowest BCUT2D eigenvalue weighted by molar-refractivity contribution is 0.415. The Morgan fingerprint density at radius 1 is 1.04 bits per heavy atom. The molecule has 0 fully saturated rings. The fourth-order valence-corrected chi connectivity index (χ4v) is 2.35. The number of ether oxygens (including phenoxy) is 1. The number of pyridine rings is 2. The van der Waals surface area contributed by atoms with E-state index in [9.17, 15) is 5.26 Å². The van der Waals surface area contributed by atoms with Crippen molar-refractivity contribution in [2.75, 3.05) is 12.8 Å². The standard InChI is InChI=1S/C18H14N4O/c1-23-14-4-2-13(3-5-14)17-10-15(12-6-8-21-9-7-12)16(11-19)18(20)22-17/h2-10H,1H3,(H2,20,22). The molecule has 0 spiro atoms. The largest absolute Gasteiger partial charge is 0.497 e. The smallest absolute Gasteiger partial charge is 0.142 e. The quantitative estimate of drug-likeness (QED) is 0.802. The fraction of sp³-hybridized carbons (Fsp3) is 0.0556. The van der Waals surface area contributed by atoms with Gasteiger partial charge in [-0.1, -0.05) is 0 Å². The number of nitrogens with two attached hydrogens (primary N) is 1. The van der Waals surface area contributed by atoms with E-state index in [1.54, 1.807) is 19.5 Å². The first-order chi connectivity index (χ1) is 11.2. The van der Waals surface area contributed by atoms with E-state index in [1.807, 2.05) is 42.5 Å². The number of rotatable bonds is 3. The molecule has 3 aromatic rings. The monoisotopic (exact) mass is 302 g/mol. The van der Waals surface area contributed by atoms with Crippen LogP contribution in [0.15, 0.2) is 54.9 Å². The van der Waals surface area contributed by atoms with Gasteiger partial charge in [-0.3, -0.25) is 4.98 Å². The minimum atomic E-state index is 0.215. The first-order valence-corrected chi connectivity index (χ1v) is 6.98. The van der Waals surface area contributed by atoms with E-state index in [4.69, 9.17) is 10.5 Å². The molecule has 0 aliphatic heterocycles. The first-order valence-electron chi connectivity index (χ1n) is 6.98. The Morgan fingerprint density at radius 2 is 1.74 bits per heavy atom. The van der Waals surface area contributed by atoms with Crippen LogP contribution in [0.1, 0.15) is 5.56 Å². The molecule has 0 atom stereocenters. The normalized spacial score (nSPS) is 10.1. The number of hydrogen-bond donors (Lipinski definition) is 1. The van der Waals surface area contributed by atoms with Gasteiger partial charge in [0.05, 0.1) is 12.8 Å². The van der Waals surface area contributed by atoms with Crippen LogP contribution in [-0.4, -0.2) is 17.1 Å². The number of methoxy groups -OCH3 is 1. The number of anilines is 1. The summed E-state index contributed by atoms with van der Waals surface area (Å²) >= 11 is 0. The summed E-state index contributed by atoms with van der Waals surface area (Å²) in [5.74, 6) is 0.984. The Bertz CT molecular complexity index is 868. The highest BCUT2D eigenvalue weighted by atomic mass is 16.5. The van der Waals surface area contributed by atoms with Crippen molar-refractivity contribution in [1.82, 2.24) is 9.97 Å². The van der Waals surface area contributed by atoms with Crippen molar-refractivity contribution in [3.63, 3.8) is 0 Å². The molecule has 0 unspecified atom stereocenters. The van der Waals surface area contributed by atoms with E-state index < -0.39 is 0 Å². The number of nitrogens with zero attached hydrogens (tertiary/aromatic N) is 3. The van der Waals surface area contributed by atoms with Crippen LogP contribution in [0, 0.1) is 11.3 Å². The second-order valence-corrected chi connectivity index (χ2v) is 4.89. The van der Waals surface area contributed by atoms with Gasteiger partial charge in [-0.2, -0.15) is 5.26 Å². The molecule has 1 aromatic carbocycles. The van der Waals surface area contributed by atoms with Crippen LogP contribution in [0.3, 0.4) is 0 Å². The predicted molar refractivity (Wildman–Crippen MR) is 88.6 cm³/mol. The average molecular weight is 302 g/mol. The summed E-state index contributed by atoms with van der Waals surface area (Å²) in [7, 11) is 1.62. The molecule has 0 aliphatic rings. The summed E-state index contributed by atoms with van der Waals surface area (Å²) in [6, 6.07) is 15.2. The van der Waals surface area contributed by atoms with Crippen LogP contribution in [0.5, 0.6) is 5.75 Å². The average Bonchev–Trinajstić information content (AvgIpc) is 2.62. The van der Waals surface area contributed by atoms with E-state index in [-0.39, 0.29) is 5.82 Å². The molecular formula is C18H14N4O. The zero-order valence-corrected chi connectivity index (χ0v) is 12.5. The fourth-order valence-electron chi connectivity index (χ4n) is 2.35. The maximum Gasteiger partial charge on any atom is 0.142 e. The summed E-state index contributed by atoms with van der Waals surface area (Å²) in [5.41, 5.74) is 9.58. The first kappa shape index (κ1) is 14.5. The van der Waals surface area contributed by atoms with Crippen LogP contribution in [0.4, 0.5) is 5.82 Å². The van der Waals surface area contributed by atoms with Gasteiger partial charge in [0.2, 0.25) is 0 Å². The molecule has 0 amide bonds. The molecule has 5 nitrogen and oxygen atoms in total. The molecule has 2 aromatic heterocycles. The van der Waals surface area contributed by atoms with Crippen LogP contribution in [0.25, 0.3) is 22.4 Å². The lowest BCUT2D eigenvalue weighted by Gasteiger charge is -2.10. The number of hydrogen-bond acceptors (Lipinski definition) is 5. The van der Waals surface area contributed by atoms with Crippen molar-refractivity contribution in [1.29, 1.82) is 5.26 Å². The molecule has 2 N–H and O–H groups in total. The van der Waals surface area contributed by atoms with Gasteiger partial charge in [-0.05, 0) is 48.0 Å². The van der Waals surface area contributed by atoms with Crippen molar-refractivity contribution in [2.24, 2.45) is 0 Å². The van der Waals surface area contributed by atoms with Crippen LogP contribution in [0.2, 0.25) is 0 Å². The Hall–Kier alpha value is -3.39. The zero-order valence-electron chi connectivity index (χ0n) is 12.5. The molecule has 5 heteroatoms. The van der Waals surface area contributed by atoms with Gasteiger partial charge in [0.15, 0.2) is 0 Å². The Labute approximate surface area is 134 Å². The molecule has 0 aliphatic carbocycles. The third-order valence-electron chi connectivity index (χ3n) is 3.54. The molecule has 2 heterocycles. The summed E-state index contributed by atoms with van der Waals surface area (Å²) < 4.78 is 5.16. The van der Waals surface area contributed by atoms with Gasteiger partial charge < -0.3 is 10.5 Å². The summed E-state index contributed by atoms with van der Waals surface area (Å²) in [6.45, 7) is 0. The van der Waals surface area contributed by atoms with E-state index in [0.29, 0.717) is 11.3 Å². The number of nitriles is 1. The number of benzene rings is 1. The lowest BCUT2D eigenvalue weighted by atomic mass is 9.99. The van der Waals surface area contributed by atoms with Crippen molar-refractivity contribution in [3.8, 4) is 34.2 Å². The molecule has 112 valence electrons. The Balaban J connectivity index is 2.16. The van der Waals surface area contributed by atoms with E-state index in [2.05, 4.69) is 16.0 Å². The topological polar surface area (TPSA) is 84.8 Å². The second-order valence-electron chi connectivity index (χ2n) is 4.89. The summed E-state index contributed by atoms with van der Waals surface area (Å²) in [6.07, 6.45) is 3.36. The van der Waals surface area contributed by atoms with Gasteiger partial charge in [-0.15, -0.1) is 0 Å². The van der Waals surface area contributed by atoms with Gasteiger partial charge in [0.1, 0.15) is 23.2 Å². The van der Waals surface area contributed by atoms with Gasteiger partial charge in [-0.25, -0.2) is 4.98 Å². The van der Waals surface area contributed by atoms with Crippen molar-refractivity contribution >= 4 is 5.82 Å². The molecule has 0 saturated heterocycles. The van der Waals surface area contributed by atoms with Crippen molar-refractivity contribution in [2.45, 2.75) is 0 Å². The molecule has 23 heavy (non-hydrogen) atoms. The number of nitrogen functional groups attached to an aromatic ring is 1.